The van der Waals surface area contributed by atoms with Crippen LogP contribution in [-0.4, -0.2) is 20.4 Å². The molecule has 4 nitrogen and oxygen atoms in total. The van der Waals surface area contributed by atoms with Crippen molar-refractivity contribution in [1.82, 2.24) is 5.32 Å². The minimum atomic E-state index is 0. The second kappa shape index (κ2) is 29.9. The molecule has 0 aliphatic heterocycles. The fourth-order valence-electron chi connectivity index (χ4n) is 2.31. The van der Waals surface area contributed by atoms with E-state index in [0.29, 0.717) is 62.9 Å². The van der Waals surface area contributed by atoms with E-state index in [1.807, 2.05) is 6.92 Å². The quantitative estimate of drug-likeness (QED) is 0.126. The summed E-state index contributed by atoms with van der Waals surface area (Å²) in [5.41, 5.74) is 2.44. The number of benzene rings is 2. The maximum atomic E-state index is 5.48. The van der Waals surface area contributed by atoms with Crippen LogP contribution in [0.2, 0.25) is 0 Å². The van der Waals surface area contributed by atoms with Crippen LogP contribution in [-0.2, 0) is 101 Å². The van der Waals surface area contributed by atoms with Crippen LogP contribution in [0.5, 0.6) is 0 Å². The van der Waals surface area contributed by atoms with Gasteiger partial charge in [-0.1, -0.05) is 5.56 Å². The maximum absolute atomic E-state index is 5.48. The average Bonchev–Trinajstić information content (AvgIpc) is 2.68. The number of rotatable bonds is 7. The van der Waals surface area contributed by atoms with Crippen LogP contribution in [0.3, 0.4) is 0 Å². The zero-order chi connectivity index (χ0) is 21.2. The predicted molar refractivity (Wildman–Crippen MR) is 132 cm³/mol. The number of hydrogen-bond acceptors (Lipinski definition) is 12. The van der Waals surface area contributed by atoms with Crippen molar-refractivity contribution in [3.8, 4) is 0 Å². The van der Waals surface area contributed by atoms with E-state index in [1.165, 1.54) is 0 Å². The van der Waals surface area contributed by atoms with Gasteiger partial charge in [-0.05, 0) is 31.0 Å². The van der Waals surface area contributed by atoms with E-state index >= 15 is 0 Å². The summed E-state index contributed by atoms with van der Waals surface area (Å²) >= 11 is 43.4. The molecule has 0 aliphatic carbocycles. The summed E-state index contributed by atoms with van der Waals surface area (Å²) in [5, 5.41) is 12.4. The van der Waals surface area contributed by atoms with E-state index in [1.54, 1.807) is 7.05 Å². The molecular weight excluding hydrogens is 689 g/mol. The largest absolute Gasteiger partial charge is 1.00 e. The summed E-state index contributed by atoms with van der Waals surface area (Å²) in [6.45, 7) is 2.57. The van der Waals surface area contributed by atoms with Crippen LogP contribution < -0.4 is 258 Å². The molecule has 0 bridgehead atoms. The van der Waals surface area contributed by atoms with E-state index in [9.17, 15) is 0 Å². The van der Waals surface area contributed by atoms with E-state index in [-0.39, 0.29) is 243 Å². The molecule has 0 fully saturated rings. The third-order valence-corrected chi connectivity index (χ3v) is 7.83. The molecule has 0 heterocycles. The van der Waals surface area contributed by atoms with Gasteiger partial charge < -0.3 is 122 Å². The summed E-state index contributed by atoms with van der Waals surface area (Å²) < 4.78 is 0. The first-order valence-electron chi connectivity index (χ1n) is 7.80. The van der Waals surface area contributed by atoms with Gasteiger partial charge in [0, 0.05) is 0 Å². The van der Waals surface area contributed by atoms with Gasteiger partial charge >= 0.3 is 236 Å². The average molecular weight is 703 g/mol. The molecule has 0 amide bonds. The molecule has 0 saturated heterocycles. The van der Waals surface area contributed by atoms with Gasteiger partial charge in [0.2, 0.25) is 0 Å². The Morgan fingerprint density at radius 3 is 0.889 bits per heavy atom. The second-order valence-electron chi connectivity index (χ2n) is 5.62. The normalized spacial score (nSPS) is 8.28. The van der Waals surface area contributed by atoms with Gasteiger partial charge in [0.05, 0.1) is 13.3 Å². The Labute approximate surface area is 437 Å². The smallest absolute Gasteiger partial charge is 0.781 e. The molecular formula is C16H14N4Na8S8. The van der Waals surface area contributed by atoms with Crippen molar-refractivity contribution >= 4 is 118 Å². The molecule has 0 saturated carbocycles. The van der Waals surface area contributed by atoms with Gasteiger partial charge in [-0.15, -0.1) is 0 Å². The van der Waals surface area contributed by atoms with Crippen LogP contribution in [0.1, 0.15) is 5.56 Å². The molecule has 154 valence electrons. The minimum Gasteiger partial charge on any atom is -0.781 e. The van der Waals surface area contributed by atoms with E-state index < -0.39 is 0 Å². The molecule has 2 rings (SSSR count). The van der Waals surface area contributed by atoms with Gasteiger partial charge in [0.25, 0.3) is 0 Å². The van der Waals surface area contributed by atoms with Crippen LogP contribution in [0.25, 0.3) is 0 Å². The fourth-order valence-corrected chi connectivity index (χ4v) is 4.74. The number of hydrogen-bond donors (Lipinski definition) is 4. The van der Waals surface area contributed by atoms with Crippen LogP contribution in [0, 0.1) is 6.92 Å². The molecule has 4 N–H and O–H groups in total. The van der Waals surface area contributed by atoms with Gasteiger partial charge in [-0.25, -0.2) is 0 Å². The summed E-state index contributed by atoms with van der Waals surface area (Å²) in [6.07, 6.45) is 0. The Balaban J connectivity index is -0.000000210. The van der Waals surface area contributed by atoms with Gasteiger partial charge in [0.1, 0.15) is 0 Å². The van der Waals surface area contributed by atoms with Crippen molar-refractivity contribution in [1.29, 1.82) is 0 Å². The van der Waals surface area contributed by atoms with Crippen molar-refractivity contribution in [2.75, 3.05) is 36.3 Å². The van der Waals surface area contributed by atoms with Gasteiger partial charge in [-0.3, -0.25) is 0 Å². The number of anilines is 3. The first-order chi connectivity index (χ1) is 13.1. The van der Waals surface area contributed by atoms with E-state index in [4.69, 9.17) is 101 Å². The third-order valence-electron chi connectivity index (χ3n) is 3.84. The van der Waals surface area contributed by atoms with Crippen molar-refractivity contribution in [3.63, 3.8) is 0 Å². The summed E-state index contributed by atoms with van der Waals surface area (Å²) in [6, 6.07) is 0. The molecule has 2 aromatic rings. The predicted octanol–water partition coefficient (Wildman–Crippen LogP) is -21.7. The molecule has 0 aliphatic rings. The maximum Gasteiger partial charge on any atom is 1.00 e. The molecule has 0 spiro atoms. The molecule has 2 aromatic carbocycles. The zero-order valence-electron chi connectivity index (χ0n) is 22.7. The Bertz CT molecular complexity index is 873. The molecule has 0 unspecified atom stereocenters. The summed E-state index contributed by atoms with van der Waals surface area (Å²) in [4.78, 5) is 3.79. The first kappa shape index (κ1) is 59.0. The minimum absolute atomic E-state index is 0. The monoisotopic (exact) mass is 702 g/mol. The molecule has 0 atom stereocenters. The van der Waals surface area contributed by atoms with Gasteiger partial charge in [-0.2, -0.15) is 39.2 Å². The SMILES string of the molecule is CNCNc1c([S-])c([S-])c(NCNc2c([S-])c([S-])c(C)c([S-])c2[S-])c([S-])c1[S-].[Na+].[Na+].[Na+].[Na+].[Na+].[Na+].[Na+].[Na+]. The first-order valence-corrected chi connectivity index (χ1v) is 11.1. The Hall–Kier alpha value is 7.56. The third kappa shape index (κ3) is 15.9. The molecule has 0 radical (unpaired) electrons. The fraction of sp³-hybridized carbons (Fsp3) is 0.250. The molecule has 20 heteroatoms. The molecule has 0 aromatic heterocycles. The van der Waals surface area contributed by atoms with Crippen molar-refractivity contribution in [3.05, 3.63) is 5.56 Å². The van der Waals surface area contributed by atoms with Crippen molar-refractivity contribution in [2.45, 2.75) is 46.1 Å². The van der Waals surface area contributed by atoms with E-state index in [0.717, 1.165) is 5.56 Å². The molecule has 36 heavy (non-hydrogen) atoms. The Morgan fingerprint density at radius 2 is 0.639 bits per heavy atom. The van der Waals surface area contributed by atoms with Crippen molar-refractivity contribution in [2.24, 2.45) is 0 Å². The summed E-state index contributed by atoms with van der Waals surface area (Å²) in [7, 11) is 1.80. The van der Waals surface area contributed by atoms with Gasteiger partial charge in [0.15, 0.2) is 0 Å². The Morgan fingerprint density at radius 1 is 0.417 bits per heavy atom. The second-order valence-corrected chi connectivity index (χ2v) is 8.89. The Kier molecular flexibility index (Phi) is 49.1. The zero-order valence-corrected chi connectivity index (χ0v) is 45.2. The standard InChI is InChI=1S/C16H22N4S8.8Na/c1-5-9(21)11(23)6(12(24)10(5)22)19-4-20-8-15(27)13(25)7(18-3-17-2)14(26)16(8)28;;;;;;;;/h17-28H,3-4H2,1-2H3;;;;;;;;/q;8*+1/p-8. The van der Waals surface area contributed by atoms with Crippen LogP contribution in [0.15, 0.2) is 39.2 Å². The summed E-state index contributed by atoms with van der Waals surface area (Å²) in [5.74, 6) is 0. The van der Waals surface area contributed by atoms with Crippen LogP contribution >= 0.6 is 0 Å². The number of nitrogens with one attached hydrogen (secondary N) is 4. The van der Waals surface area contributed by atoms with Crippen molar-refractivity contribution < 1.29 is 236 Å². The van der Waals surface area contributed by atoms with E-state index in [2.05, 4.69) is 21.3 Å². The van der Waals surface area contributed by atoms with Crippen LogP contribution in [0.4, 0.5) is 17.1 Å². The topological polar surface area (TPSA) is 48.1 Å².